The van der Waals surface area contributed by atoms with E-state index in [2.05, 4.69) is 26.8 Å². The average Bonchev–Trinajstić information content (AvgIpc) is 2.12. The second kappa shape index (κ2) is 4.46. The van der Waals surface area contributed by atoms with Crippen molar-refractivity contribution in [2.75, 3.05) is 0 Å². The normalized spacial score (nSPS) is 12.6. The lowest BCUT2D eigenvalue weighted by atomic mass is 9.86. The molecule has 1 aromatic rings. The molecule has 90 valence electrons. The first-order chi connectivity index (χ1) is 7.20. The van der Waals surface area contributed by atoms with Crippen molar-refractivity contribution in [3.8, 4) is 5.75 Å². The summed E-state index contributed by atoms with van der Waals surface area (Å²) in [7, 11) is 0. The van der Waals surface area contributed by atoms with Gasteiger partial charge in [-0.05, 0) is 32.3 Å². The zero-order valence-corrected chi connectivity index (χ0v) is 11.1. The van der Waals surface area contributed by atoms with Crippen LogP contribution in [0, 0.1) is 0 Å². The maximum Gasteiger partial charge on any atom is 0.169 e. The molecule has 0 aliphatic heterocycles. The number of para-hydroxylation sites is 1. The van der Waals surface area contributed by atoms with Crippen LogP contribution in [-0.2, 0) is 10.3 Å². The molecule has 0 unspecified atom stereocenters. The van der Waals surface area contributed by atoms with Gasteiger partial charge in [0.05, 0.1) is 0 Å². The quantitative estimate of drug-likeness (QED) is 0.554. The average molecular weight is 222 g/mol. The third-order valence-electron chi connectivity index (χ3n) is 2.08. The molecule has 0 radical (unpaired) electrons. The summed E-state index contributed by atoms with van der Waals surface area (Å²) in [5.74, 6) is 0.796. The zero-order chi connectivity index (χ0) is 12.4. The summed E-state index contributed by atoms with van der Waals surface area (Å²) in [5.41, 5.74) is 0.905. The zero-order valence-electron chi connectivity index (χ0n) is 11.1. The van der Waals surface area contributed by atoms with Crippen LogP contribution in [0.25, 0.3) is 0 Å². The van der Waals surface area contributed by atoms with Crippen molar-refractivity contribution < 1.29 is 9.78 Å². The lowest BCUT2D eigenvalue weighted by molar-refractivity contribution is -0.275. The Balaban J connectivity index is 2.88. The minimum absolute atomic E-state index is 0.0534. The number of benzene rings is 1. The van der Waals surface area contributed by atoms with Crippen LogP contribution in [-0.4, -0.2) is 5.60 Å². The number of rotatable bonds is 2. The Hall–Kier alpha value is -1.02. The molecule has 1 rings (SSSR count). The molecule has 0 saturated carbocycles. The van der Waals surface area contributed by atoms with Gasteiger partial charge in [0.25, 0.3) is 0 Å². The van der Waals surface area contributed by atoms with E-state index in [0.29, 0.717) is 0 Å². The Bertz CT molecular complexity index is 342. The van der Waals surface area contributed by atoms with Gasteiger partial charge in [-0.15, -0.1) is 0 Å². The van der Waals surface area contributed by atoms with Gasteiger partial charge >= 0.3 is 0 Å². The molecule has 2 heteroatoms. The van der Waals surface area contributed by atoms with E-state index in [0.717, 1.165) is 11.3 Å². The first-order valence-corrected chi connectivity index (χ1v) is 5.65. The Morgan fingerprint density at radius 1 is 0.875 bits per heavy atom. The molecule has 0 aromatic heterocycles. The maximum atomic E-state index is 5.43. The molecular weight excluding hydrogens is 200 g/mol. The highest BCUT2D eigenvalue weighted by molar-refractivity contribution is 5.37. The van der Waals surface area contributed by atoms with Crippen LogP contribution < -0.4 is 4.89 Å². The molecule has 16 heavy (non-hydrogen) atoms. The van der Waals surface area contributed by atoms with Crippen LogP contribution in [0.2, 0.25) is 0 Å². The molecule has 0 N–H and O–H groups in total. The molecule has 0 aliphatic carbocycles. The SMILES string of the molecule is CC(C)(C)OOc1ccccc1C(C)(C)C. The first kappa shape index (κ1) is 13.0. The molecule has 0 bridgehead atoms. The summed E-state index contributed by atoms with van der Waals surface area (Å²) < 4.78 is 0. The van der Waals surface area contributed by atoms with E-state index in [-0.39, 0.29) is 11.0 Å². The summed E-state index contributed by atoms with van der Waals surface area (Å²) in [6.45, 7) is 12.4. The standard InChI is InChI=1S/C14H22O2/c1-13(2,3)11-9-7-8-10-12(11)15-16-14(4,5)6/h7-10H,1-6H3. The van der Waals surface area contributed by atoms with Crippen molar-refractivity contribution in [1.29, 1.82) is 0 Å². The van der Waals surface area contributed by atoms with Crippen LogP contribution in [0.15, 0.2) is 24.3 Å². The van der Waals surface area contributed by atoms with Crippen molar-refractivity contribution in [1.82, 2.24) is 0 Å². The fraction of sp³-hybridized carbons (Fsp3) is 0.571. The molecule has 0 aliphatic rings. The second-order valence-electron chi connectivity index (χ2n) is 6.03. The van der Waals surface area contributed by atoms with Gasteiger partial charge in [0.2, 0.25) is 0 Å². The predicted molar refractivity (Wildman–Crippen MR) is 66.6 cm³/mol. The van der Waals surface area contributed by atoms with Crippen molar-refractivity contribution in [2.45, 2.75) is 52.6 Å². The van der Waals surface area contributed by atoms with Crippen LogP contribution in [0.3, 0.4) is 0 Å². The Morgan fingerprint density at radius 3 is 1.94 bits per heavy atom. The van der Waals surface area contributed by atoms with Gasteiger partial charge in [-0.25, -0.2) is 0 Å². The fourth-order valence-electron chi connectivity index (χ4n) is 1.33. The highest BCUT2D eigenvalue weighted by atomic mass is 17.2. The van der Waals surface area contributed by atoms with Gasteiger partial charge in [-0.3, -0.25) is 0 Å². The Morgan fingerprint density at radius 2 is 1.44 bits per heavy atom. The van der Waals surface area contributed by atoms with E-state index < -0.39 is 0 Å². The highest BCUT2D eigenvalue weighted by Gasteiger charge is 2.20. The minimum Gasteiger partial charge on any atom is -0.337 e. The van der Waals surface area contributed by atoms with Gasteiger partial charge in [0.15, 0.2) is 5.75 Å². The second-order valence-corrected chi connectivity index (χ2v) is 6.03. The van der Waals surface area contributed by atoms with E-state index >= 15 is 0 Å². The van der Waals surface area contributed by atoms with Gasteiger partial charge in [0.1, 0.15) is 5.60 Å². The van der Waals surface area contributed by atoms with E-state index in [1.54, 1.807) is 0 Å². The van der Waals surface area contributed by atoms with Crippen LogP contribution in [0.5, 0.6) is 5.75 Å². The Kier molecular flexibility index (Phi) is 3.64. The third kappa shape index (κ3) is 3.86. The van der Waals surface area contributed by atoms with Crippen molar-refractivity contribution in [2.24, 2.45) is 0 Å². The van der Waals surface area contributed by atoms with E-state index in [1.807, 2.05) is 39.0 Å². The van der Waals surface area contributed by atoms with E-state index in [9.17, 15) is 0 Å². The van der Waals surface area contributed by atoms with Gasteiger partial charge in [-0.1, -0.05) is 39.0 Å². The van der Waals surface area contributed by atoms with Gasteiger partial charge in [0, 0.05) is 5.56 Å². The van der Waals surface area contributed by atoms with Crippen molar-refractivity contribution >= 4 is 0 Å². The molecule has 2 nitrogen and oxygen atoms in total. The molecular formula is C14H22O2. The first-order valence-electron chi connectivity index (χ1n) is 5.65. The summed E-state index contributed by atoms with van der Waals surface area (Å²) in [6.07, 6.45) is 0. The molecule has 1 aromatic carbocycles. The van der Waals surface area contributed by atoms with Crippen molar-refractivity contribution in [3.05, 3.63) is 29.8 Å². The van der Waals surface area contributed by atoms with Crippen LogP contribution in [0.4, 0.5) is 0 Å². The van der Waals surface area contributed by atoms with Crippen LogP contribution >= 0.6 is 0 Å². The molecule has 0 fully saturated rings. The lowest BCUT2D eigenvalue weighted by Gasteiger charge is -2.24. The van der Waals surface area contributed by atoms with Crippen LogP contribution in [0.1, 0.15) is 47.1 Å². The summed E-state index contributed by atoms with van der Waals surface area (Å²) >= 11 is 0. The third-order valence-corrected chi connectivity index (χ3v) is 2.08. The number of hydrogen-bond donors (Lipinski definition) is 0. The van der Waals surface area contributed by atoms with E-state index in [1.165, 1.54) is 0 Å². The fourth-order valence-corrected chi connectivity index (χ4v) is 1.33. The predicted octanol–water partition coefficient (Wildman–Crippen LogP) is 4.09. The molecule has 0 spiro atoms. The maximum absolute atomic E-state index is 5.43. The summed E-state index contributed by atoms with van der Waals surface area (Å²) in [6, 6.07) is 7.98. The number of hydrogen-bond acceptors (Lipinski definition) is 2. The molecule has 0 amide bonds. The largest absolute Gasteiger partial charge is 0.337 e. The summed E-state index contributed by atoms with van der Waals surface area (Å²) in [4.78, 5) is 10.8. The molecule has 0 atom stereocenters. The molecule has 0 heterocycles. The van der Waals surface area contributed by atoms with Crippen molar-refractivity contribution in [3.63, 3.8) is 0 Å². The minimum atomic E-state index is -0.301. The highest BCUT2D eigenvalue weighted by Crippen LogP contribution is 2.31. The Labute approximate surface area is 98.5 Å². The lowest BCUT2D eigenvalue weighted by Crippen LogP contribution is -2.22. The topological polar surface area (TPSA) is 18.5 Å². The van der Waals surface area contributed by atoms with E-state index in [4.69, 9.17) is 9.78 Å². The molecule has 0 saturated heterocycles. The van der Waals surface area contributed by atoms with Gasteiger partial charge in [-0.2, -0.15) is 4.89 Å². The monoisotopic (exact) mass is 222 g/mol. The summed E-state index contributed by atoms with van der Waals surface area (Å²) in [5, 5.41) is 0. The smallest absolute Gasteiger partial charge is 0.169 e. The van der Waals surface area contributed by atoms with Gasteiger partial charge < -0.3 is 4.89 Å².